The average Bonchev–Trinajstić information content (AvgIpc) is 2.29. The number of hydrogen-bond acceptors (Lipinski definition) is 2. The molecule has 0 spiro atoms. The van der Waals surface area contributed by atoms with Crippen LogP contribution in [-0.2, 0) is 9.47 Å². The molecule has 1 aromatic rings. The molecule has 1 atom stereocenters. The molecule has 0 saturated heterocycles. The van der Waals surface area contributed by atoms with Gasteiger partial charge in [0.1, 0.15) is 0 Å². The summed E-state index contributed by atoms with van der Waals surface area (Å²) in [5, 5.41) is 0.370. The molecule has 15 heavy (non-hydrogen) atoms. The van der Waals surface area contributed by atoms with Crippen molar-refractivity contribution in [1.29, 1.82) is 0 Å². The van der Waals surface area contributed by atoms with Gasteiger partial charge in [-0.1, -0.05) is 0 Å². The van der Waals surface area contributed by atoms with E-state index in [-0.39, 0.29) is 0 Å². The molecule has 2 nitrogen and oxygen atoms in total. The van der Waals surface area contributed by atoms with Crippen LogP contribution in [0, 0.1) is 0 Å². The third-order valence-electron chi connectivity index (χ3n) is 1.94. The van der Waals surface area contributed by atoms with Crippen LogP contribution in [-0.4, -0.2) is 40.3 Å². The first-order valence-corrected chi connectivity index (χ1v) is 7.03. The minimum absolute atomic E-state index is 0.370. The molecule has 0 aliphatic heterocycles. The predicted molar refractivity (Wildman–Crippen MR) is 63.7 cm³/mol. The van der Waals surface area contributed by atoms with Gasteiger partial charge < -0.3 is 0 Å². The van der Waals surface area contributed by atoms with Crippen LogP contribution in [0.1, 0.15) is 13.3 Å². The molecule has 0 amide bonds. The van der Waals surface area contributed by atoms with Gasteiger partial charge in [-0.3, -0.25) is 0 Å². The molecule has 0 N–H and O–H groups in total. The van der Waals surface area contributed by atoms with Crippen molar-refractivity contribution in [3.63, 3.8) is 0 Å². The number of hydrogen-bond donors (Lipinski definition) is 0. The fraction of sp³-hybridized carbons (Fsp3) is 0.500. The molecule has 0 heterocycles. The number of rotatable bonds is 7. The Morgan fingerprint density at radius 1 is 1.20 bits per heavy atom. The fourth-order valence-corrected chi connectivity index (χ4v) is 3.14. The average molecular weight is 273 g/mol. The first-order valence-electron chi connectivity index (χ1n) is 5.19. The van der Waals surface area contributed by atoms with Gasteiger partial charge in [0.25, 0.3) is 0 Å². The van der Waals surface area contributed by atoms with Gasteiger partial charge in [-0.25, -0.2) is 0 Å². The van der Waals surface area contributed by atoms with Gasteiger partial charge in [0.05, 0.1) is 0 Å². The Morgan fingerprint density at radius 3 is 2.53 bits per heavy atom. The Kier molecular flexibility index (Phi) is 6.69. The first kappa shape index (κ1) is 12.7. The van der Waals surface area contributed by atoms with Crippen LogP contribution in [0.2, 0.25) is 0 Å². The van der Waals surface area contributed by atoms with Crippen molar-refractivity contribution in [2.24, 2.45) is 0 Å². The summed E-state index contributed by atoms with van der Waals surface area (Å²) in [5.41, 5.74) is 0. The quantitative estimate of drug-likeness (QED) is 0.552. The Labute approximate surface area is 98.1 Å². The normalized spacial score (nSPS) is 12.7. The number of methoxy groups -OCH3 is 1. The Morgan fingerprint density at radius 2 is 1.93 bits per heavy atom. The summed E-state index contributed by atoms with van der Waals surface area (Å²) >= 11 is 0.406. The third-order valence-corrected chi connectivity index (χ3v) is 4.61. The monoisotopic (exact) mass is 274 g/mol. The standard InChI is InChI=1S/C12H18O2Se/c1-3-12(14-10-9-13-2)15-11-7-5-4-6-8-11/h4-8,12H,3,9-10H2,1-2H3. The molecular weight excluding hydrogens is 255 g/mol. The van der Waals surface area contributed by atoms with Gasteiger partial charge in [-0.15, -0.1) is 0 Å². The molecule has 0 aliphatic carbocycles. The van der Waals surface area contributed by atoms with E-state index >= 15 is 0 Å². The molecular formula is C12H18O2Se. The summed E-state index contributed by atoms with van der Waals surface area (Å²) in [5.74, 6) is 0. The summed E-state index contributed by atoms with van der Waals surface area (Å²) in [6.45, 7) is 3.55. The van der Waals surface area contributed by atoms with Crippen molar-refractivity contribution >= 4 is 19.4 Å². The molecule has 0 saturated carbocycles. The minimum atomic E-state index is 0.370. The van der Waals surface area contributed by atoms with E-state index in [0.29, 0.717) is 33.2 Å². The van der Waals surface area contributed by atoms with E-state index in [1.807, 2.05) is 6.07 Å². The summed E-state index contributed by atoms with van der Waals surface area (Å²) in [4.78, 5) is 0. The topological polar surface area (TPSA) is 18.5 Å². The van der Waals surface area contributed by atoms with Crippen LogP contribution in [0.25, 0.3) is 0 Å². The Hall–Kier alpha value is -0.341. The van der Waals surface area contributed by atoms with Crippen LogP contribution in [0.4, 0.5) is 0 Å². The van der Waals surface area contributed by atoms with E-state index in [9.17, 15) is 0 Å². The van der Waals surface area contributed by atoms with E-state index in [0.717, 1.165) is 6.42 Å². The van der Waals surface area contributed by atoms with Crippen molar-refractivity contribution in [2.75, 3.05) is 20.3 Å². The van der Waals surface area contributed by atoms with E-state index in [1.165, 1.54) is 4.46 Å². The molecule has 84 valence electrons. The molecule has 0 radical (unpaired) electrons. The van der Waals surface area contributed by atoms with Crippen LogP contribution in [0.5, 0.6) is 0 Å². The zero-order chi connectivity index (χ0) is 10.9. The van der Waals surface area contributed by atoms with Gasteiger partial charge in [-0.2, -0.15) is 0 Å². The van der Waals surface area contributed by atoms with Crippen LogP contribution < -0.4 is 4.46 Å². The summed E-state index contributed by atoms with van der Waals surface area (Å²) in [6, 6.07) is 10.6. The molecule has 0 aromatic heterocycles. The van der Waals surface area contributed by atoms with Gasteiger partial charge in [0, 0.05) is 0 Å². The maximum atomic E-state index is 5.74. The maximum absolute atomic E-state index is 5.74. The van der Waals surface area contributed by atoms with Crippen LogP contribution in [0.3, 0.4) is 0 Å². The second-order valence-electron chi connectivity index (χ2n) is 3.13. The number of ether oxygens (including phenoxy) is 2. The van der Waals surface area contributed by atoms with Crippen molar-refractivity contribution in [1.82, 2.24) is 0 Å². The van der Waals surface area contributed by atoms with E-state index < -0.39 is 0 Å². The van der Waals surface area contributed by atoms with Crippen molar-refractivity contribution in [3.8, 4) is 0 Å². The first-order chi connectivity index (χ1) is 7.36. The molecule has 3 heteroatoms. The Bertz CT molecular complexity index is 251. The van der Waals surface area contributed by atoms with E-state index in [2.05, 4.69) is 31.2 Å². The zero-order valence-electron chi connectivity index (χ0n) is 9.31. The van der Waals surface area contributed by atoms with E-state index in [1.54, 1.807) is 7.11 Å². The molecule has 0 bridgehead atoms. The molecule has 1 aromatic carbocycles. The number of benzene rings is 1. The second-order valence-corrected chi connectivity index (χ2v) is 5.72. The van der Waals surface area contributed by atoms with Crippen molar-refractivity contribution in [2.45, 2.75) is 18.3 Å². The van der Waals surface area contributed by atoms with Crippen LogP contribution in [0.15, 0.2) is 30.3 Å². The van der Waals surface area contributed by atoms with Crippen molar-refractivity contribution in [3.05, 3.63) is 30.3 Å². The van der Waals surface area contributed by atoms with Crippen LogP contribution >= 0.6 is 0 Å². The predicted octanol–water partition coefficient (Wildman–Crippen LogP) is 1.42. The summed E-state index contributed by atoms with van der Waals surface area (Å²) in [7, 11) is 1.70. The summed E-state index contributed by atoms with van der Waals surface area (Å²) in [6.07, 6.45) is 1.07. The zero-order valence-corrected chi connectivity index (χ0v) is 11.0. The molecule has 0 aliphatic rings. The van der Waals surface area contributed by atoms with Gasteiger partial charge in [0.2, 0.25) is 0 Å². The van der Waals surface area contributed by atoms with E-state index in [4.69, 9.17) is 9.47 Å². The van der Waals surface area contributed by atoms with Gasteiger partial charge in [0.15, 0.2) is 0 Å². The molecule has 1 unspecified atom stereocenters. The van der Waals surface area contributed by atoms with Crippen molar-refractivity contribution < 1.29 is 9.47 Å². The molecule has 1 rings (SSSR count). The summed E-state index contributed by atoms with van der Waals surface area (Å²) < 4.78 is 12.1. The second kappa shape index (κ2) is 7.89. The Balaban J connectivity index is 2.33. The molecule has 0 fully saturated rings. The van der Waals surface area contributed by atoms with Gasteiger partial charge in [-0.05, 0) is 0 Å². The van der Waals surface area contributed by atoms with Gasteiger partial charge >= 0.3 is 97.9 Å². The fourth-order valence-electron chi connectivity index (χ4n) is 1.15. The SMILES string of the molecule is CCC(OCCOC)[Se]c1ccccc1. The third kappa shape index (κ3) is 5.33.